The van der Waals surface area contributed by atoms with Crippen molar-refractivity contribution < 1.29 is 9.59 Å². The Morgan fingerprint density at radius 3 is 2.54 bits per heavy atom. The lowest BCUT2D eigenvalue weighted by atomic mass is 10.1. The van der Waals surface area contributed by atoms with Gasteiger partial charge in [0.15, 0.2) is 0 Å². The molecule has 3 rings (SSSR count). The Kier molecular flexibility index (Phi) is 5.22. The number of H-pyrrole nitrogens is 1. The van der Waals surface area contributed by atoms with E-state index in [1.54, 1.807) is 36.2 Å². The van der Waals surface area contributed by atoms with Gasteiger partial charge in [-0.05, 0) is 42.3 Å². The molecule has 0 aliphatic carbocycles. The first-order valence-electron chi connectivity index (χ1n) is 8.49. The van der Waals surface area contributed by atoms with Crippen LogP contribution in [0.5, 0.6) is 0 Å². The van der Waals surface area contributed by atoms with E-state index in [1.807, 2.05) is 24.4 Å². The number of aromatic nitrogens is 1. The Labute approximate surface area is 152 Å². The topological polar surface area (TPSA) is 77.2 Å². The summed E-state index contributed by atoms with van der Waals surface area (Å²) in [5, 5.41) is 6.83. The largest absolute Gasteiger partial charge is 0.361 e. The molecule has 6 nitrogen and oxygen atoms in total. The van der Waals surface area contributed by atoms with Crippen molar-refractivity contribution in [1.82, 2.24) is 10.3 Å². The minimum atomic E-state index is -0.252. The van der Waals surface area contributed by atoms with E-state index in [9.17, 15) is 9.59 Å². The molecule has 0 bridgehead atoms. The number of anilines is 2. The predicted molar refractivity (Wildman–Crippen MR) is 105 cm³/mol. The summed E-state index contributed by atoms with van der Waals surface area (Å²) >= 11 is 0. The molecular formula is C20H22N4O2. The fourth-order valence-corrected chi connectivity index (χ4v) is 2.77. The van der Waals surface area contributed by atoms with Gasteiger partial charge in [0, 0.05) is 49.0 Å². The predicted octanol–water partition coefficient (Wildman–Crippen LogP) is 3.51. The second-order valence-electron chi connectivity index (χ2n) is 6.12. The highest BCUT2D eigenvalue weighted by atomic mass is 16.2. The Balaban J connectivity index is 1.50. The highest BCUT2D eigenvalue weighted by molar-refractivity contribution is 5.92. The molecule has 0 aliphatic rings. The van der Waals surface area contributed by atoms with Crippen LogP contribution in [0, 0.1) is 0 Å². The number of amides is 3. The highest BCUT2D eigenvalue weighted by Gasteiger charge is 2.07. The van der Waals surface area contributed by atoms with Gasteiger partial charge in [0.25, 0.3) is 0 Å². The van der Waals surface area contributed by atoms with E-state index >= 15 is 0 Å². The van der Waals surface area contributed by atoms with E-state index in [0.717, 1.165) is 17.6 Å². The molecule has 0 saturated heterocycles. The average molecular weight is 350 g/mol. The average Bonchev–Trinajstić information content (AvgIpc) is 3.05. The van der Waals surface area contributed by atoms with Crippen LogP contribution in [0.2, 0.25) is 0 Å². The van der Waals surface area contributed by atoms with E-state index in [1.165, 1.54) is 17.9 Å². The lowest BCUT2D eigenvalue weighted by Gasteiger charge is -2.15. The van der Waals surface area contributed by atoms with E-state index in [0.29, 0.717) is 12.2 Å². The number of para-hydroxylation sites is 1. The molecule has 26 heavy (non-hydrogen) atoms. The molecule has 0 unspecified atom stereocenters. The number of aromatic amines is 1. The van der Waals surface area contributed by atoms with E-state index in [-0.39, 0.29) is 11.9 Å². The van der Waals surface area contributed by atoms with Crippen molar-refractivity contribution in [2.45, 2.75) is 13.3 Å². The van der Waals surface area contributed by atoms with Crippen LogP contribution in [-0.2, 0) is 11.2 Å². The van der Waals surface area contributed by atoms with E-state index < -0.39 is 0 Å². The molecule has 0 aliphatic heterocycles. The van der Waals surface area contributed by atoms with Gasteiger partial charge in [0.05, 0.1) is 0 Å². The third kappa shape index (κ3) is 4.03. The molecule has 0 fully saturated rings. The second kappa shape index (κ2) is 7.74. The van der Waals surface area contributed by atoms with Crippen LogP contribution in [0.3, 0.4) is 0 Å². The van der Waals surface area contributed by atoms with Crippen LogP contribution in [0.4, 0.5) is 16.2 Å². The molecule has 6 heteroatoms. The Morgan fingerprint density at radius 2 is 1.81 bits per heavy atom. The summed E-state index contributed by atoms with van der Waals surface area (Å²) in [5.41, 5.74) is 3.73. The minimum Gasteiger partial charge on any atom is -0.361 e. The van der Waals surface area contributed by atoms with Gasteiger partial charge in [-0.2, -0.15) is 0 Å². The maximum atomic E-state index is 12.0. The Bertz CT molecular complexity index is 915. The maximum absolute atomic E-state index is 12.0. The molecule has 1 heterocycles. The normalized spacial score (nSPS) is 10.5. The van der Waals surface area contributed by atoms with Gasteiger partial charge in [0.2, 0.25) is 5.91 Å². The van der Waals surface area contributed by atoms with Gasteiger partial charge in [-0.1, -0.05) is 18.2 Å². The number of nitrogens with one attached hydrogen (secondary N) is 3. The maximum Gasteiger partial charge on any atom is 0.319 e. The fourth-order valence-electron chi connectivity index (χ4n) is 2.77. The van der Waals surface area contributed by atoms with Gasteiger partial charge in [-0.3, -0.25) is 4.79 Å². The van der Waals surface area contributed by atoms with Crippen molar-refractivity contribution in [3.63, 3.8) is 0 Å². The Hall–Kier alpha value is -3.28. The first-order chi connectivity index (χ1) is 12.5. The zero-order chi connectivity index (χ0) is 18.5. The molecule has 2 aromatic carbocycles. The van der Waals surface area contributed by atoms with Crippen molar-refractivity contribution in [2.24, 2.45) is 0 Å². The number of hydrogen-bond acceptors (Lipinski definition) is 2. The first kappa shape index (κ1) is 17.5. The number of benzene rings is 2. The summed E-state index contributed by atoms with van der Waals surface area (Å²) in [7, 11) is 1.71. The Morgan fingerprint density at radius 1 is 1.08 bits per heavy atom. The molecule has 0 radical (unpaired) electrons. The number of nitrogens with zero attached hydrogens (tertiary/aromatic N) is 1. The van der Waals surface area contributed by atoms with Crippen LogP contribution in [0.1, 0.15) is 12.5 Å². The zero-order valence-electron chi connectivity index (χ0n) is 14.9. The molecular weight excluding hydrogens is 328 g/mol. The third-order valence-corrected chi connectivity index (χ3v) is 4.34. The number of rotatable bonds is 5. The van der Waals surface area contributed by atoms with Gasteiger partial charge in [0.1, 0.15) is 0 Å². The number of carbonyl (C=O) groups excluding carboxylic acids is 2. The molecule has 3 amide bonds. The lowest BCUT2D eigenvalue weighted by molar-refractivity contribution is -0.116. The summed E-state index contributed by atoms with van der Waals surface area (Å²) in [6.45, 7) is 2.05. The van der Waals surface area contributed by atoms with Crippen LogP contribution in [0.15, 0.2) is 54.7 Å². The smallest absolute Gasteiger partial charge is 0.319 e. The molecule has 1 aromatic heterocycles. The van der Waals surface area contributed by atoms with Gasteiger partial charge in [-0.25, -0.2) is 4.79 Å². The summed E-state index contributed by atoms with van der Waals surface area (Å²) in [5.74, 6) is -0.0410. The van der Waals surface area contributed by atoms with Crippen LogP contribution < -0.4 is 15.5 Å². The van der Waals surface area contributed by atoms with Gasteiger partial charge >= 0.3 is 6.03 Å². The SMILES string of the molecule is CC(=O)N(C)c1ccc(NC(=O)NCCc2c[nH]c3ccccc23)cc1. The molecule has 0 atom stereocenters. The van der Waals surface area contributed by atoms with Crippen molar-refractivity contribution in [2.75, 3.05) is 23.8 Å². The second-order valence-corrected chi connectivity index (χ2v) is 6.12. The van der Waals surface area contributed by atoms with E-state index in [2.05, 4.69) is 21.7 Å². The summed E-state index contributed by atoms with van der Waals surface area (Å²) in [4.78, 5) is 28.2. The molecule has 3 N–H and O–H groups in total. The van der Waals surface area contributed by atoms with Gasteiger partial charge in [-0.15, -0.1) is 0 Å². The number of urea groups is 1. The quantitative estimate of drug-likeness (QED) is 0.658. The monoisotopic (exact) mass is 350 g/mol. The van der Waals surface area contributed by atoms with Crippen LogP contribution in [-0.4, -0.2) is 30.5 Å². The summed E-state index contributed by atoms with van der Waals surface area (Å²) in [6.07, 6.45) is 2.73. The van der Waals surface area contributed by atoms with Crippen LogP contribution in [0.25, 0.3) is 10.9 Å². The van der Waals surface area contributed by atoms with E-state index in [4.69, 9.17) is 0 Å². The molecule has 0 spiro atoms. The third-order valence-electron chi connectivity index (χ3n) is 4.34. The van der Waals surface area contributed by atoms with Gasteiger partial charge < -0.3 is 20.5 Å². The highest BCUT2D eigenvalue weighted by Crippen LogP contribution is 2.18. The van der Waals surface area contributed by atoms with Crippen molar-refractivity contribution >= 4 is 34.2 Å². The number of fused-ring (bicyclic) bond motifs is 1. The minimum absolute atomic E-state index is 0.0410. The summed E-state index contributed by atoms with van der Waals surface area (Å²) < 4.78 is 0. The molecule has 3 aromatic rings. The first-order valence-corrected chi connectivity index (χ1v) is 8.49. The fraction of sp³-hybridized carbons (Fsp3) is 0.200. The standard InChI is InChI=1S/C20H22N4O2/c1-14(25)24(2)17-9-7-16(8-10-17)23-20(26)21-12-11-15-13-22-19-6-4-3-5-18(15)19/h3-10,13,22H,11-12H2,1-2H3,(H2,21,23,26). The molecule has 134 valence electrons. The number of carbonyl (C=O) groups is 2. The summed E-state index contributed by atoms with van der Waals surface area (Å²) in [6, 6.07) is 15.0. The van der Waals surface area contributed by atoms with Crippen molar-refractivity contribution in [3.05, 3.63) is 60.3 Å². The van der Waals surface area contributed by atoms with Crippen molar-refractivity contribution in [1.29, 1.82) is 0 Å². The zero-order valence-corrected chi connectivity index (χ0v) is 14.9. The lowest BCUT2D eigenvalue weighted by Crippen LogP contribution is -2.30. The van der Waals surface area contributed by atoms with Crippen molar-refractivity contribution in [3.8, 4) is 0 Å². The number of hydrogen-bond donors (Lipinski definition) is 3. The molecule has 0 saturated carbocycles. The van der Waals surface area contributed by atoms with Crippen LogP contribution >= 0.6 is 0 Å².